The molecule has 0 radical (unpaired) electrons. The van der Waals surface area contributed by atoms with Gasteiger partial charge >= 0.3 is 0 Å². The van der Waals surface area contributed by atoms with E-state index in [-0.39, 0.29) is 53.7 Å². The zero-order chi connectivity index (χ0) is 53.2. The zero-order valence-electron chi connectivity index (χ0n) is 41.5. The molecular weight excluding hydrogens is 973 g/mol. The predicted molar refractivity (Wildman–Crippen MR) is 242 cm³/mol. The fraction of sp³-hybridized carbons (Fsp3) is 0.918. The van der Waals surface area contributed by atoms with Crippen molar-refractivity contribution in [2.45, 2.75) is 215 Å². The van der Waals surface area contributed by atoms with Crippen LogP contribution in [0.15, 0.2) is 11.6 Å². The van der Waals surface area contributed by atoms with Gasteiger partial charge < -0.3 is 109 Å². The normalized spacial score (nSPS) is 51.1. The second kappa shape index (κ2) is 22.9. The number of ketones is 2. The molecule has 418 valence electrons. The van der Waals surface area contributed by atoms with Gasteiger partial charge in [-0.2, -0.15) is 0 Å². The van der Waals surface area contributed by atoms with Crippen molar-refractivity contribution in [3.8, 4) is 0 Å². The van der Waals surface area contributed by atoms with Gasteiger partial charge in [0.1, 0.15) is 97.0 Å². The number of fused-ring (bicyclic) bond motifs is 5. The molecule has 0 aromatic rings. The number of aliphatic hydroxyl groups is 14. The van der Waals surface area contributed by atoms with E-state index >= 15 is 0 Å². The Balaban J connectivity index is 0.916. The third-order valence-electron chi connectivity index (χ3n) is 18.1. The maximum atomic E-state index is 14.1. The highest BCUT2D eigenvalue weighted by atomic mass is 16.8. The third-order valence-corrected chi connectivity index (χ3v) is 18.1. The molecule has 73 heavy (non-hydrogen) atoms. The van der Waals surface area contributed by atoms with Crippen LogP contribution in [0.1, 0.15) is 85.5 Å². The van der Waals surface area contributed by atoms with E-state index < -0.39 is 160 Å². The number of aliphatic hydroxyl groups excluding tert-OH is 14. The van der Waals surface area contributed by atoms with Gasteiger partial charge in [-0.3, -0.25) is 9.59 Å². The SMILES string of the molecule is C[C@H](CCC(=O)[C@@H](C)[C@H]1C(=O)C[C@H]2[C@@H]3CC=C4CC(O[C@@H]5OC(CO)[C@@H](O[C@@H]6OC(O)[C@H](O)C(O)[C@@H]6O)C(O)[C@@H]5O[C@@H]5OC(O)[C@H](O)C(O)[C@@H]5O)CC[C@]4(C)[C@H]3CC[C@]12C)CO[C@@H]1OC(CO)[C@@H](O)C(O)[C@@H]1O. The van der Waals surface area contributed by atoms with E-state index in [1.54, 1.807) is 0 Å². The van der Waals surface area contributed by atoms with E-state index in [1.807, 2.05) is 13.8 Å². The summed E-state index contributed by atoms with van der Waals surface area (Å²) < 4.78 is 46.0. The number of Topliss-reactive ketones (excluding diaryl/α,β-unsaturated/α-hetero) is 2. The summed E-state index contributed by atoms with van der Waals surface area (Å²) in [5.74, 6) is -0.653. The van der Waals surface area contributed by atoms with Crippen LogP contribution in [0.4, 0.5) is 0 Å². The molecule has 14 N–H and O–H groups in total. The highest BCUT2D eigenvalue weighted by Crippen LogP contribution is 2.66. The maximum Gasteiger partial charge on any atom is 0.189 e. The minimum Gasteiger partial charge on any atom is -0.394 e. The van der Waals surface area contributed by atoms with Crippen molar-refractivity contribution >= 4 is 11.6 Å². The van der Waals surface area contributed by atoms with Gasteiger partial charge in [0.05, 0.1) is 25.9 Å². The Kier molecular flexibility index (Phi) is 18.0. The van der Waals surface area contributed by atoms with E-state index in [0.29, 0.717) is 38.5 Å². The number of ether oxygens (including phenoxy) is 8. The Morgan fingerprint density at radius 2 is 1.22 bits per heavy atom. The van der Waals surface area contributed by atoms with Crippen LogP contribution in [0, 0.1) is 46.3 Å². The highest BCUT2D eigenvalue weighted by Gasteiger charge is 2.63. The van der Waals surface area contributed by atoms with Crippen LogP contribution in [-0.4, -0.2) is 232 Å². The molecule has 3 saturated carbocycles. The minimum atomic E-state index is -2.03. The molecule has 4 aliphatic heterocycles. The lowest BCUT2D eigenvalue weighted by atomic mass is 9.47. The molecule has 9 unspecified atom stereocenters. The first kappa shape index (κ1) is 57.4. The Labute approximate surface area is 422 Å². The standard InChI is InChI=1S/C49H78O24/c1-18(17-66-44-36(60)31(55)30(54)27(15-50)68-44)5-8-25(52)19(2)29-26(53)14-24-22-7-6-20-13-21(9-11-48(20,3)23(22)10-12-49(24,29)4)67-47-41(71-46-38(62)33(57)35(59)43(65)73-46)39(63)40(28(16-51)69-47)70-45-37(61)32(56)34(58)42(64)72-45/h6,18-19,21-24,27-47,50-51,54-65H,5,7-17H2,1-4H3/t18-,19-,21?,22-,23+,24+,27?,28?,29+,30-,31?,32?,33?,34-,35-,36+,37+,38+,39?,40-,41+,42?,43?,44-,45-,46-,47-,48+,49+/m1/s1. The predicted octanol–water partition coefficient (Wildman–Crippen LogP) is -4.07. The van der Waals surface area contributed by atoms with Crippen molar-refractivity contribution < 1.29 is 119 Å². The van der Waals surface area contributed by atoms with Crippen molar-refractivity contribution in [3.63, 3.8) is 0 Å². The smallest absolute Gasteiger partial charge is 0.189 e. The Morgan fingerprint density at radius 3 is 1.84 bits per heavy atom. The number of carbonyl (C=O) groups is 2. The molecule has 0 aromatic heterocycles. The van der Waals surface area contributed by atoms with Crippen molar-refractivity contribution in [1.29, 1.82) is 0 Å². The minimum absolute atomic E-state index is 0.0255. The van der Waals surface area contributed by atoms with Gasteiger partial charge in [-0.25, -0.2) is 0 Å². The highest BCUT2D eigenvalue weighted by molar-refractivity contribution is 5.92. The van der Waals surface area contributed by atoms with Gasteiger partial charge in [0.25, 0.3) is 0 Å². The number of rotatable bonds is 16. The fourth-order valence-corrected chi connectivity index (χ4v) is 13.6. The maximum absolute atomic E-state index is 14.1. The molecule has 4 heterocycles. The summed E-state index contributed by atoms with van der Waals surface area (Å²) in [6.45, 7) is 6.79. The van der Waals surface area contributed by atoms with Crippen molar-refractivity contribution in [2.24, 2.45) is 46.3 Å². The van der Waals surface area contributed by atoms with Gasteiger partial charge in [0.15, 0.2) is 37.7 Å². The van der Waals surface area contributed by atoms with E-state index in [9.17, 15) is 81.1 Å². The van der Waals surface area contributed by atoms with Gasteiger partial charge in [-0.05, 0) is 79.4 Å². The number of hydrogen-bond donors (Lipinski definition) is 14. The van der Waals surface area contributed by atoms with Gasteiger partial charge in [0, 0.05) is 24.7 Å². The summed E-state index contributed by atoms with van der Waals surface area (Å²) in [7, 11) is 0. The van der Waals surface area contributed by atoms with Gasteiger partial charge in [0.2, 0.25) is 0 Å². The molecule has 7 fully saturated rings. The van der Waals surface area contributed by atoms with E-state index in [0.717, 1.165) is 18.4 Å². The first-order valence-electron chi connectivity index (χ1n) is 25.8. The molecule has 8 rings (SSSR count). The van der Waals surface area contributed by atoms with Crippen LogP contribution >= 0.6 is 0 Å². The fourth-order valence-electron chi connectivity index (χ4n) is 13.6. The van der Waals surface area contributed by atoms with Crippen LogP contribution in [0.3, 0.4) is 0 Å². The average Bonchev–Trinajstić information content (AvgIpc) is 3.64. The lowest BCUT2D eigenvalue weighted by Crippen LogP contribution is -2.67. The summed E-state index contributed by atoms with van der Waals surface area (Å²) >= 11 is 0. The molecule has 24 nitrogen and oxygen atoms in total. The van der Waals surface area contributed by atoms with Gasteiger partial charge in [-0.15, -0.1) is 0 Å². The first-order chi connectivity index (χ1) is 34.4. The quantitative estimate of drug-likeness (QED) is 0.0654. The van der Waals surface area contributed by atoms with E-state index in [1.165, 1.54) is 0 Å². The Bertz CT molecular complexity index is 1930. The second-order valence-electron chi connectivity index (χ2n) is 22.5. The number of hydrogen-bond acceptors (Lipinski definition) is 24. The van der Waals surface area contributed by atoms with Crippen LogP contribution < -0.4 is 0 Å². The van der Waals surface area contributed by atoms with Crippen molar-refractivity contribution in [2.75, 3.05) is 19.8 Å². The van der Waals surface area contributed by atoms with Crippen molar-refractivity contribution in [3.05, 3.63) is 11.6 Å². The second-order valence-corrected chi connectivity index (χ2v) is 22.5. The van der Waals surface area contributed by atoms with E-state index in [2.05, 4.69) is 19.9 Å². The molecule has 24 heteroatoms. The number of allylic oxidation sites excluding steroid dienone is 1. The third kappa shape index (κ3) is 10.9. The van der Waals surface area contributed by atoms with Crippen LogP contribution in [0.5, 0.6) is 0 Å². The lowest BCUT2D eigenvalue weighted by molar-refractivity contribution is -0.405. The monoisotopic (exact) mass is 1050 g/mol. The van der Waals surface area contributed by atoms with Gasteiger partial charge in [-0.1, -0.05) is 39.3 Å². The molecule has 4 saturated heterocycles. The lowest BCUT2D eigenvalue weighted by Gasteiger charge is -2.58. The Hall–Kier alpha value is -1.80. The Morgan fingerprint density at radius 1 is 0.644 bits per heavy atom. The zero-order valence-corrected chi connectivity index (χ0v) is 41.5. The summed E-state index contributed by atoms with van der Waals surface area (Å²) in [5, 5.41) is 145. The molecule has 0 amide bonds. The summed E-state index contributed by atoms with van der Waals surface area (Å²) in [6, 6.07) is 0. The summed E-state index contributed by atoms with van der Waals surface area (Å²) in [6.07, 6.45) is -28.2. The molecule has 0 bridgehead atoms. The largest absolute Gasteiger partial charge is 0.394 e. The topological polar surface area (TPSA) is 391 Å². The summed E-state index contributed by atoms with van der Waals surface area (Å²) in [5.41, 5.74) is 0.436. The van der Waals surface area contributed by atoms with Crippen LogP contribution in [0.2, 0.25) is 0 Å². The average molecular weight is 1050 g/mol. The van der Waals surface area contributed by atoms with Crippen LogP contribution in [0.25, 0.3) is 0 Å². The molecule has 29 atom stereocenters. The van der Waals surface area contributed by atoms with Crippen LogP contribution in [-0.2, 0) is 47.5 Å². The van der Waals surface area contributed by atoms with E-state index in [4.69, 9.17) is 37.9 Å². The molecule has 0 spiro atoms. The first-order valence-corrected chi connectivity index (χ1v) is 25.8. The molecule has 4 aliphatic carbocycles. The summed E-state index contributed by atoms with van der Waals surface area (Å²) in [4.78, 5) is 28.0. The molecular formula is C49H78O24. The molecule has 0 aromatic carbocycles. The van der Waals surface area contributed by atoms with Crippen molar-refractivity contribution in [1.82, 2.24) is 0 Å². The molecule has 8 aliphatic rings. The number of carbonyl (C=O) groups excluding carboxylic acids is 2.